The Kier molecular flexibility index (Phi) is 6.73. The van der Waals surface area contributed by atoms with Crippen LogP contribution in [0.2, 0.25) is 0 Å². The fourth-order valence-electron chi connectivity index (χ4n) is 3.26. The van der Waals surface area contributed by atoms with E-state index >= 15 is 0 Å². The number of likely N-dealkylation sites (N-methyl/N-ethyl adjacent to an activating group) is 1. The number of hydrogen-bond acceptors (Lipinski definition) is 4. The van der Waals surface area contributed by atoms with Gasteiger partial charge in [0.2, 0.25) is 11.8 Å². The molecule has 1 aromatic rings. The first-order valence-corrected chi connectivity index (χ1v) is 8.67. The van der Waals surface area contributed by atoms with Gasteiger partial charge in [-0.05, 0) is 49.4 Å². The zero-order valence-electron chi connectivity index (χ0n) is 14.8. The summed E-state index contributed by atoms with van der Waals surface area (Å²) in [5.74, 6) is 0.396. The molecule has 2 N–H and O–H groups in total. The predicted octanol–water partition coefficient (Wildman–Crippen LogP) is 1.32. The van der Waals surface area contributed by atoms with Crippen molar-refractivity contribution in [3.63, 3.8) is 0 Å². The van der Waals surface area contributed by atoms with Crippen LogP contribution >= 0.6 is 0 Å². The summed E-state index contributed by atoms with van der Waals surface area (Å²) < 4.78 is 0. The van der Waals surface area contributed by atoms with Crippen LogP contribution in [0.25, 0.3) is 0 Å². The standard InChI is InChI=1S/C18H28N4O2/c1-13(2)11-16(17(23)19-3)22-10-4-5-15(22)18(24)21-12-14-6-8-20-9-7-14/h6-9,13,15-16H,4-5,10-12H2,1-3H3,(H,19,23)(H,21,24)/t15-,16+/m0/s1. The van der Waals surface area contributed by atoms with E-state index < -0.39 is 0 Å². The lowest BCUT2D eigenvalue weighted by Gasteiger charge is -2.32. The van der Waals surface area contributed by atoms with Gasteiger partial charge >= 0.3 is 0 Å². The molecule has 132 valence electrons. The summed E-state index contributed by atoms with van der Waals surface area (Å²) in [5, 5.41) is 5.74. The van der Waals surface area contributed by atoms with Crippen molar-refractivity contribution >= 4 is 11.8 Å². The molecule has 0 saturated carbocycles. The highest BCUT2D eigenvalue weighted by atomic mass is 16.2. The van der Waals surface area contributed by atoms with Crippen LogP contribution in [0.5, 0.6) is 0 Å². The normalized spacial score (nSPS) is 19.2. The number of rotatable bonds is 7. The van der Waals surface area contributed by atoms with Gasteiger partial charge in [-0.3, -0.25) is 19.5 Å². The summed E-state index contributed by atoms with van der Waals surface area (Å²) in [7, 11) is 1.66. The van der Waals surface area contributed by atoms with E-state index in [0.29, 0.717) is 12.5 Å². The van der Waals surface area contributed by atoms with Crippen molar-refractivity contribution in [1.82, 2.24) is 20.5 Å². The van der Waals surface area contributed by atoms with E-state index in [9.17, 15) is 9.59 Å². The molecule has 0 aliphatic carbocycles. The van der Waals surface area contributed by atoms with Gasteiger partial charge in [0.15, 0.2) is 0 Å². The molecular weight excluding hydrogens is 304 g/mol. The Labute approximate surface area is 144 Å². The van der Waals surface area contributed by atoms with E-state index in [0.717, 1.165) is 31.4 Å². The van der Waals surface area contributed by atoms with Crippen molar-refractivity contribution in [2.45, 2.75) is 51.7 Å². The van der Waals surface area contributed by atoms with Crippen LogP contribution in [0.3, 0.4) is 0 Å². The summed E-state index contributed by atoms with van der Waals surface area (Å²) in [4.78, 5) is 31.0. The van der Waals surface area contributed by atoms with Gasteiger partial charge in [0.05, 0.1) is 12.1 Å². The highest BCUT2D eigenvalue weighted by Gasteiger charge is 2.38. The van der Waals surface area contributed by atoms with Crippen LogP contribution in [-0.4, -0.2) is 47.4 Å². The van der Waals surface area contributed by atoms with E-state index in [2.05, 4.69) is 34.4 Å². The zero-order chi connectivity index (χ0) is 17.5. The van der Waals surface area contributed by atoms with Gasteiger partial charge in [-0.2, -0.15) is 0 Å². The van der Waals surface area contributed by atoms with E-state index in [1.165, 1.54) is 0 Å². The largest absolute Gasteiger partial charge is 0.358 e. The van der Waals surface area contributed by atoms with Crippen LogP contribution in [0.1, 0.15) is 38.7 Å². The van der Waals surface area contributed by atoms with E-state index in [1.807, 2.05) is 12.1 Å². The quantitative estimate of drug-likeness (QED) is 0.790. The highest BCUT2D eigenvalue weighted by molar-refractivity contribution is 5.85. The number of carbonyl (C=O) groups excluding carboxylic acids is 2. The van der Waals surface area contributed by atoms with Crippen LogP contribution in [0, 0.1) is 5.92 Å². The van der Waals surface area contributed by atoms with Gasteiger partial charge in [-0.15, -0.1) is 0 Å². The summed E-state index contributed by atoms with van der Waals surface area (Å²) in [6.07, 6.45) is 5.93. The second-order valence-electron chi connectivity index (χ2n) is 6.73. The third-order valence-electron chi connectivity index (χ3n) is 4.46. The monoisotopic (exact) mass is 332 g/mol. The summed E-state index contributed by atoms with van der Waals surface area (Å²) in [5.41, 5.74) is 1.02. The number of hydrogen-bond donors (Lipinski definition) is 2. The van der Waals surface area contributed by atoms with Crippen LogP contribution in [0.15, 0.2) is 24.5 Å². The number of aromatic nitrogens is 1. The first-order chi connectivity index (χ1) is 11.5. The minimum absolute atomic E-state index is 0.00183. The molecule has 0 bridgehead atoms. The molecule has 0 spiro atoms. The van der Waals surface area contributed by atoms with Crippen LogP contribution in [0.4, 0.5) is 0 Å². The maximum Gasteiger partial charge on any atom is 0.237 e. The van der Waals surface area contributed by atoms with Crippen molar-refractivity contribution in [1.29, 1.82) is 0 Å². The number of nitrogens with one attached hydrogen (secondary N) is 2. The molecule has 6 nitrogen and oxygen atoms in total. The highest BCUT2D eigenvalue weighted by Crippen LogP contribution is 2.24. The van der Waals surface area contributed by atoms with Gasteiger partial charge in [0.25, 0.3) is 0 Å². The molecule has 2 heterocycles. The van der Waals surface area contributed by atoms with Crippen LogP contribution < -0.4 is 10.6 Å². The smallest absolute Gasteiger partial charge is 0.237 e. The molecule has 1 aliphatic rings. The molecular formula is C18H28N4O2. The molecule has 0 radical (unpaired) electrons. The molecule has 1 fully saturated rings. The molecule has 1 saturated heterocycles. The molecule has 0 aromatic carbocycles. The Balaban J connectivity index is 2.01. The second-order valence-corrected chi connectivity index (χ2v) is 6.73. The number of nitrogens with zero attached hydrogens (tertiary/aromatic N) is 2. The molecule has 2 atom stereocenters. The predicted molar refractivity (Wildman–Crippen MR) is 93.1 cm³/mol. The average Bonchev–Trinajstić information content (AvgIpc) is 3.07. The Bertz CT molecular complexity index is 547. The fourth-order valence-corrected chi connectivity index (χ4v) is 3.26. The van der Waals surface area contributed by atoms with Crippen LogP contribution in [-0.2, 0) is 16.1 Å². The minimum atomic E-state index is -0.242. The third-order valence-corrected chi connectivity index (χ3v) is 4.46. The maximum absolute atomic E-state index is 12.6. The summed E-state index contributed by atoms with van der Waals surface area (Å²) in [6, 6.07) is 3.31. The van der Waals surface area contributed by atoms with Crippen molar-refractivity contribution in [3.8, 4) is 0 Å². The summed E-state index contributed by atoms with van der Waals surface area (Å²) >= 11 is 0. The van der Waals surface area contributed by atoms with E-state index in [1.54, 1.807) is 19.4 Å². The maximum atomic E-state index is 12.6. The molecule has 2 rings (SSSR count). The second kappa shape index (κ2) is 8.78. The Morgan fingerprint density at radius 1 is 1.33 bits per heavy atom. The first-order valence-electron chi connectivity index (χ1n) is 8.67. The SMILES string of the molecule is CNC(=O)[C@@H](CC(C)C)N1CCC[C@H]1C(=O)NCc1ccncc1. The van der Waals surface area contributed by atoms with Crippen molar-refractivity contribution < 1.29 is 9.59 Å². The Morgan fingerprint density at radius 2 is 2.04 bits per heavy atom. The van der Waals surface area contributed by atoms with E-state index in [-0.39, 0.29) is 23.9 Å². The van der Waals surface area contributed by atoms with Gasteiger partial charge in [0.1, 0.15) is 0 Å². The summed E-state index contributed by atoms with van der Waals surface area (Å²) in [6.45, 7) is 5.48. The lowest BCUT2D eigenvalue weighted by atomic mass is 10.0. The third kappa shape index (κ3) is 4.77. The van der Waals surface area contributed by atoms with E-state index in [4.69, 9.17) is 0 Å². The Morgan fingerprint density at radius 3 is 2.67 bits per heavy atom. The number of carbonyl (C=O) groups is 2. The fraction of sp³-hybridized carbons (Fsp3) is 0.611. The topological polar surface area (TPSA) is 74.3 Å². The van der Waals surface area contributed by atoms with Gasteiger partial charge in [-0.1, -0.05) is 13.8 Å². The Hall–Kier alpha value is -1.95. The number of likely N-dealkylation sites (tertiary alicyclic amines) is 1. The molecule has 24 heavy (non-hydrogen) atoms. The van der Waals surface area contributed by atoms with Crippen molar-refractivity contribution in [2.75, 3.05) is 13.6 Å². The number of amides is 2. The zero-order valence-corrected chi connectivity index (χ0v) is 14.8. The number of pyridine rings is 1. The molecule has 6 heteroatoms. The van der Waals surface area contributed by atoms with Gasteiger partial charge in [-0.25, -0.2) is 0 Å². The molecule has 1 aromatic heterocycles. The first kappa shape index (κ1) is 18.4. The molecule has 2 amide bonds. The lowest BCUT2D eigenvalue weighted by molar-refractivity contribution is -0.131. The molecule has 1 aliphatic heterocycles. The minimum Gasteiger partial charge on any atom is -0.358 e. The van der Waals surface area contributed by atoms with Crippen molar-refractivity contribution in [3.05, 3.63) is 30.1 Å². The van der Waals surface area contributed by atoms with Gasteiger partial charge in [0, 0.05) is 26.0 Å². The average molecular weight is 332 g/mol. The molecule has 0 unspecified atom stereocenters. The van der Waals surface area contributed by atoms with Crippen molar-refractivity contribution in [2.24, 2.45) is 5.92 Å². The lowest BCUT2D eigenvalue weighted by Crippen LogP contribution is -2.53. The van der Waals surface area contributed by atoms with Gasteiger partial charge < -0.3 is 10.6 Å².